The lowest BCUT2D eigenvalue weighted by Crippen LogP contribution is -2.37. The molecule has 3 aliphatic heterocycles. The lowest BCUT2D eigenvalue weighted by atomic mass is 10.0. The SMILES string of the molecule is S=C1N[C@@H](c2ccccn2)[C@@H](c2cccn2C[C@@H]2CCCO2)N1C[C@@H]1CCCO1. The van der Waals surface area contributed by atoms with Crippen LogP contribution in [-0.2, 0) is 16.0 Å². The van der Waals surface area contributed by atoms with E-state index in [-0.39, 0.29) is 18.2 Å². The van der Waals surface area contributed by atoms with E-state index in [4.69, 9.17) is 21.7 Å². The fourth-order valence-corrected chi connectivity index (χ4v) is 5.12. The van der Waals surface area contributed by atoms with Gasteiger partial charge in [0, 0.05) is 44.4 Å². The van der Waals surface area contributed by atoms with E-state index in [2.05, 4.69) is 44.2 Å². The third kappa shape index (κ3) is 3.91. The van der Waals surface area contributed by atoms with E-state index < -0.39 is 0 Å². The second-order valence-electron chi connectivity index (χ2n) is 8.13. The number of hydrogen-bond donors (Lipinski definition) is 1. The van der Waals surface area contributed by atoms with E-state index >= 15 is 0 Å². The summed E-state index contributed by atoms with van der Waals surface area (Å²) in [6.45, 7) is 3.42. The monoisotopic (exact) mass is 412 g/mol. The van der Waals surface area contributed by atoms with Crippen molar-refractivity contribution in [3.8, 4) is 0 Å². The van der Waals surface area contributed by atoms with Crippen molar-refractivity contribution in [3.63, 3.8) is 0 Å². The highest BCUT2D eigenvalue weighted by Gasteiger charge is 2.42. The normalized spacial score (nSPS) is 29.5. The highest BCUT2D eigenvalue weighted by molar-refractivity contribution is 7.80. The van der Waals surface area contributed by atoms with E-state index in [1.165, 1.54) is 5.69 Å². The molecule has 0 saturated carbocycles. The Kier molecular flexibility index (Phi) is 5.52. The van der Waals surface area contributed by atoms with Crippen LogP contribution in [0.4, 0.5) is 0 Å². The first-order valence-corrected chi connectivity index (χ1v) is 11.1. The average Bonchev–Trinajstić information content (AvgIpc) is 3.53. The Hall–Kier alpha value is -1.96. The number of nitrogens with zero attached hydrogens (tertiary/aromatic N) is 3. The summed E-state index contributed by atoms with van der Waals surface area (Å²) in [7, 11) is 0. The van der Waals surface area contributed by atoms with E-state index in [0.717, 1.165) is 62.8 Å². The van der Waals surface area contributed by atoms with Gasteiger partial charge < -0.3 is 24.3 Å². The quantitative estimate of drug-likeness (QED) is 0.736. The molecule has 0 bridgehead atoms. The minimum Gasteiger partial charge on any atom is -0.376 e. The fraction of sp³-hybridized carbons (Fsp3) is 0.545. The van der Waals surface area contributed by atoms with Crippen molar-refractivity contribution in [2.24, 2.45) is 0 Å². The van der Waals surface area contributed by atoms with Crippen molar-refractivity contribution >= 4 is 17.3 Å². The predicted octanol–water partition coefficient (Wildman–Crippen LogP) is 3.21. The molecule has 5 rings (SSSR count). The molecule has 29 heavy (non-hydrogen) atoms. The van der Waals surface area contributed by atoms with Gasteiger partial charge in [-0.1, -0.05) is 6.07 Å². The molecule has 0 spiro atoms. The number of rotatable bonds is 6. The Morgan fingerprint density at radius 1 is 1.03 bits per heavy atom. The van der Waals surface area contributed by atoms with Gasteiger partial charge in [0.1, 0.15) is 0 Å². The Bertz CT molecular complexity index is 830. The topological polar surface area (TPSA) is 51.5 Å². The van der Waals surface area contributed by atoms with Gasteiger partial charge in [-0.2, -0.15) is 0 Å². The van der Waals surface area contributed by atoms with Crippen molar-refractivity contribution in [1.29, 1.82) is 0 Å². The van der Waals surface area contributed by atoms with Crippen LogP contribution in [0.1, 0.15) is 49.2 Å². The van der Waals surface area contributed by atoms with Crippen LogP contribution in [0.5, 0.6) is 0 Å². The molecule has 3 fully saturated rings. The maximum atomic E-state index is 5.94. The number of hydrogen-bond acceptors (Lipinski definition) is 4. The molecule has 3 aliphatic rings. The highest BCUT2D eigenvalue weighted by Crippen LogP contribution is 2.39. The van der Waals surface area contributed by atoms with Crippen molar-refractivity contribution in [1.82, 2.24) is 19.8 Å². The Balaban J connectivity index is 1.47. The van der Waals surface area contributed by atoms with Gasteiger partial charge in [0.05, 0.1) is 30.0 Å². The van der Waals surface area contributed by atoms with Gasteiger partial charge in [-0.15, -0.1) is 0 Å². The zero-order chi connectivity index (χ0) is 19.6. The number of pyridine rings is 1. The molecule has 0 radical (unpaired) electrons. The number of nitrogens with one attached hydrogen (secondary N) is 1. The van der Waals surface area contributed by atoms with Crippen LogP contribution in [0.2, 0.25) is 0 Å². The molecule has 6 nitrogen and oxygen atoms in total. The van der Waals surface area contributed by atoms with Gasteiger partial charge in [0.25, 0.3) is 0 Å². The molecule has 0 amide bonds. The smallest absolute Gasteiger partial charge is 0.170 e. The van der Waals surface area contributed by atoms with Crippen LogP contribution in [0, 0.1) is 0 Å². The molecular weight excluding hydrogens is 384 g/mol. The summed E-state index contributed by atoms with van der Waals surface area (Å²) in [5.74, 6) is 0. The zero-order valence-electron chi connectivity index (χ0n) is 16.6. The summed E-state index contributed by atoms with van der Waals surface area (Å²) in [4.78, 5) is 6.95. The molecular formula is C22H28N4O2S. The van der Waals surface area contributed by atoms with E-state index in [0.29, 0.717) is 6.10 Å². The molecule has 0 aliphatic carbocycles. The summed E-state index contributed by atoms with van der Waals surface area (Å²) in [6, 6.07) is 10.5. The molecule has 2 aromatic heterocycles. The summed E-state index contributed by atoms with van der Waals surface area (Å²) >= 11 is 5.79. The summed E-state index contributed by atoms with van der Waals surface area (Å²) in [5, 5.41) is 4.33. The highest BCUT2D eigenvalue weighted by atomic mass is 32.1. The van der Waals surface area contributed by atoms with Crippen LogP contribution in [0.15, 0.2) is 42.7 Å². The van der Waals surface area contributed by atoms with Crippen molar-refractivity contribution < 1.29 is 9.47 Å². The fourth-order valence-electron chi connectivity index (χ4n) is 4.80. The molecule has 4 atom stereocenters. The van der Waals surface area contributed by atoms with Gasteiger partial charge in [0.15, 0.2) is 5.11 Å². The van der Waals surface area contributed by atoms with Crippen molar-refractivity contribution in [2.75, 3.05) is 19.8 Å². The standard InChI is InChI=1S/C22H28N4O2S/c29-22-24-20(18-8-1-2-10-23-18)21(26(22)15-17-7-5-13-28-17)19-9-3-11-25(19)14-16-6-4-12-27-16/h1-3,8-11,16-17,20-21H,4-7,12-15H2,(H,24,29)/t16-,17-,20-,21+/m0/s1. The first kappa shape index (κ1) is 19.0. The lowest BCUT2D eigenvalue weighted by Gasteiger charge is -2.31. The summed E-state index contributed by atoms with van der Waals surface area (Å²) in [5.41, 5.74) is 2.26. The average molecular weight is 413 g/mol. The van der Waals surface area contributed by atoms with Crippen LogP contribution in [0.25, 0.3) is 0 Å². The van der Waals surface area contributed by atoms with E-state index in [9.17, 15) is 0 Å². The predicted molar refractivity (Wildman–Crippen MR) is 115 cm³/mol. The van der Waals surface area contributed by atoms with Gasteiger partial charge in [0.2, 0.25) is 0 Å². The van der Waals surface area contributed by atoms with Crippen molar-refractivity contribution in [3.05, 3.63) is 54.1 Å². The molecule has 0 aromatic carbocycles. The zero-order valence-corrected chi connectivity index (χ0v) is 17.4. The summed E-state index contributed by atoms with van der Waals surface area (Å²) in [6.07, 6.45) is 9.05. The number of aromatic nitrogens is 2. The first-order valence-electron chi connectivity index (χ1n) is 10.7. The Morgan fingerprint density at radius 3 is 2.52 bits per heavy atom. The van der Waals surface area contributed by atoms with Crippen LogP contribution in [-0.4, -0.2) is 51.5 Å². The number of thiocarbonyl (C=S) groups is 1. The second-order valence-corrected chi connectivity index (χ2v) is 8.52. The van der Waals surface area contributed by atoms with Gasteiger partial charge in [-0.3, -0.25) is 4.98 Å². The second kappa shape index (κ2) is 8.42. The number of ether oxygens (including phenoxy) is 2. The molecule has 1 N–H and O–H groups in total. The van der Waals surface area contributed by atoms with Crippen LogP contribution < -0.4 is 5.32 Å². The molecule has 2 aromatic rings. The van der Waals surface area contributed by atoms with E-state index in [1.54, 1.807) is 0 Å². The molecule has 7 heteroatoms. The third-order valence-corrected chi connectivity index (χ3v) is 6.57. The molecule has 3 saturated heterocycles. The van der Waals surface area contributed by atoms with Crippen LogP contribution >= 0.6 is 12.2 Å². The molecule has 154 valence electrons. The van der Waals surface area contributed by atoms with Crippen molar-refractivity contribution in [2.45, 2.75) is 56.5 Å². The van der Waals surface area contributed by atoms with Gasteiger partial charge >= 0.3 is 0 Å². The Labute approximate surface area is 177 Å². The minimum atomic E-state index is 0.0169. The molecule has 5 heterocycles. The maximum absolute atomic E-state index is 5.94. The lowest BCUT2D eigenvalue weighted by molar-refractivity contribution is 0.0809. The third-order valence-electron chi connectivity index (χ3n) is 6.21. The summed E-state index contributed by atoms with van der Waals surface area (Å²) < 4.78 is 14.2. The van der Waals surface area contributed by atoms with E-state index in [1.807, 2.05) is 18.3 Å². The largest absolute Gasteiger partial charge is 0.376 e. The van der Waals surface area contributed by atoms with Crippen LogP contribution in [0.3, 0.4) is 0 Å². The van der Waals surface area contributed by atoms with Gasteiger partial charge in [-0.25, -0.2) is 0 Å². The van der Waals surface area contributed by atoms with Gasteiger partial charge in [-0.05, 0) is 62.2 Å². The maximum Gasteiger partial charge on any atom is 0.170 e. The Morgan fingerprint density at radius 2 is 1.83 bits per heavy atom. The minimum absolute atomic E-state index is 0.0169. The molecule has 0 unspecified atom stereocenters. The first-order chi connectivity index (χ1) is 14.3.